The lowest BCUT2D eigenvalue weighted by Crippen LogP contribution is -2.36. The molecule has 1 aromatic heterocycles. The highest BCUT2D eigenvalue weighted by molar-refractivity contribution is 5.04. The topological polar surface area (TPSA) is 46.9 Å². The van der Waals surface area contributed by atoms with E-state index in [9.17, 15) is 18.0 Å². The predicted octanol–water partition coefficient (Wildman–Crippen LogP) is 1.26. The van der Waals surface area contributed by atoms with Gasteiger partial charge in [0.1, 0.15) is 0 Å². The van der Waals surface area contributed by atoms with Crippen molar-refractivity contribution in [3.05, 3.63) is 28.2 Å². The number of alkyl halides is 3. The summed E-state index contributed by atoms with van der Waals surface area (Å²) in [5, 5.41) is 6.54. The van der Waals surface area contributed by atoms with E-state index in [1.54, 1.807) is 0 Å². The average Bonchev–Trinajstić information content (AvgIpc) is 2.32. The second-order valence-corrected chi connectivity index (χ2v) is 4.45. The third-order valence-corrected chi connectivity index (χ3v) is 2.99. The maximum Gasteiger partial charge on any atom is 0.435 e. The van der Waals surface area contributed by atoms with Crippen molar-refractivity contribution in [2.45, 2.75) is 25.6 Å². The molecule has 1 aromatic rings. The van der Waals surface area contributed by atoms with Crippen LogP contribution in [0, 0.1) is 5.92 Å². The highest BCUT2D eigenvalue weighted by Gasteiger charge is 2.33. The second kappa shape index (κ2) is 5.09. The Bertz CT molecular complexity index is 463. The summed E-state index contributed by atoms with van der Waals surface area (Å²) in [5.41, 5.74) is -1.51. The molecule has 1 aliphatic heterocycles. The van der Waals surface area contributed by atoms with Crippen LogP contribution in [0.15, 0.2) is 16.9 Å². The van der Waals surface area contributed by atoms with E-state index in [2.05, 4.69) is 10.4 Å². The maximum atomic E-state index is 12.5. The Morgan fingerprint density at radius 3 is 2.83 bits per heavy atom. The number of hydrogen-bond donors (Lipinski definition) is 1. The molecule has 0 aromatic carbocycles. The Hall–Kier alpha value is -1.37. The minimum absolute atomic E-state index is 0.160. The molecule has 1 aliphatic rings. The van der Waals surface area contributed by atoms with E-state index in [1.807, 2.05) is 0 Å². The predicted molar refractivity (Wildman–Crippen MR) is 59.1 cm³/mol. The van der Waals surface area contributed by atoms with E-state index in [4.69, 9.17) is 0 Å². The van der Waals surface area contributed by atoms with Crippen molar-refractivity contribution in [2.75, 3.05) is 13.1 Å². The van der Waals surface area contributed by atoms with Gasteiger partial charge < -0.3 is 5.32 Å². The lowest BCUT2D eigenvalue weighted by molar-refractivity contribution is -0.142. The summed E-state index contributed by atoms with van der Waals surface area (Å²) in [6, 6.07) is 1.64. The molecule has 0 radical (unpaired) electrons. The molecule has 1 unspecified atom stereocenters. The fraction of sp³-hybridized carbons (Fsp3) is 0.636. The van der Waals surface area contributed by atoms with Crippen LogP contribution in [0.2, 0.25) is 0 Å². The van der Waals surface area contributed by atoms with Crippen LogP contribution in [0.3, 0.4) is 0 Å². The summed E-state index contributed by atoms with van der Waals surface area (Å²) in [4.78, 5) is 11.5. The van der Waals surface area contributed by atoms with Crippen LogP contribution in [-0.4, -0.2) is 22.9 Å². The number of aromatic nitrogens is 2. The minimum atomic E-state index is -4.51. The summed E-state index contributed by atoms with van der Waals surface area (Å²) < 4.78 is 38.4. The molecule has 100 valence electrons. The first-order valence-electron chi connectivity index (χ1n) is 5.83. The van der Waals surface area contributed by atoms with E-state index in [-0.39, 0.29) is 12.5 Å². The van der Waals surface area contributed by atoms with Crippen molar-refractivity contribution < 1.29 is 13.2 Å². The van der Waals surface area contributed by atoms with Crippen LogP contribution in [0.1, 0.15) is 18.5 Å². The van der Waals surface area contributed by atoms with Crippen molar-refractivity contribution in [3.8, 4) is 0 Å². The van der Waals surface area contributed by atoms with Gasteiger partial charge in [-0.2, -0.15) is 18.3 Å². The molecular weight excluding hydrogens is 247 g/mol. The van der Waals surface area contributed by atoms with Gasteiger partial charge in [-0.05, 0) is 37.9 Å². The Balaban J connectivity index is 2.18. The molecule has 0 saturated carbocycles. The van der Waals surface area contributed by atoms with Gasteiger partial charge in [0.15, 0.2) is 5.69 Å². The molecule has 0 bridgehead atoms. The zero-order valence-corrected chi connectivity index (χ0v) is 9.70. The Kier molecular flexibility index (Phi) is 3.70. The molecule has 0 amide bonds. The minimum Gasteiger partial charge on any atom is -0.316 e. The molecule has 1 saturated heterocycles. The van der Waals surface area contributed by atoms with Gasteiger partial charge in [0.2, 0.25) is 0 Å². The lowest BCUT2D eigenvalue weighted by atomic mass is 10.00. The number of rotatable bonds is 2. The molecular formula is C11H14F3N3O. The summed E-state index contributed by atoms with van der Waals surface area (Å²) in [5.74, 6) is 0.160. The van der Waals surface area contributed by atoms with Crippen LogP contribution in [0.5, 0.6) is 0 Å². The highest BCUT2D eigenvalue weighted by atomic mass is 19.4. The standard InChI is InChI=1S/C11H14F3N3O/c12-11(13,14)9-3-4-10(18)17(16-9)7-8-2-1-5-15-6-8/h3-4,8,15H,1-2,5-7H2. The summed E-state index contributed by atoms with van der Waals surface area (Å²) in [7, 11) is 0. The maximum absolute atomic E-state index is 12.5. The van der Waals surface area contributed by atoms with Crippen molar-refractivity contribution in [1.29, 1.82) is 0 Å². The molecule has 18 heavy (non-hydrogen) atoms. The van der Waals surface area contributed by atoms with E-state index in [1.165, 1.54) is 0 Å². The van der Waals surface area contributed by atoms with E-state index >= 15 is 0 Å². The molecule has 1 fully saturated rings. The van der Waals surface area contributed by atoms with Gasteiger partial charge in [-0.3, -0.25) is 4.79 Å². The van der Waals surface area contributed by atoms with Crippen LogP contribution in [-0.2, 0) is 12.7 Å². The third-order valence-electron chi connectivity index (χ3n) is 2.99. The smallest absolute Gasteiger partial charge is 0.316 e. The van der Waals surface area contributed by atoms with Gasteiger partial charge >= 0.3 is 6.18 Å². The lowest BCUT2D eigenvalue weighted by Gasteiger charge is -2.23. The van der Waals surface area contributed by atoms with Gasteiger partial charge in [0, 0.05) is 12.6 Å². The first-order valence-corrected chi connectivity index (χ1v) is 5.83. The molecule has 0 aliphatic carbocycles. The zero-order valence-electron chi connectivity index (χ0n) is 9.70. The van der Waals surface area contributed by atoms with Crippen molar-refractivity contribution in [2.24, 2.45) is 5.92 Å². The molecule has 2 heterocycles. The van der Waals surface area contributed by atoms with Gasteiger partial charge in [0.25, 0.3) is 5.56 Å². The molecule has 7 heteroatoms. The first kappa shape index (κ1) is 13.1. The Morgan fingerprint density at radius 1 is 1.44 bits per heavy atom. The number of hydrogen-bond acceptors (Lipinski definition) is 3. The highest BCUT2D eigenvalue weighted by Crippen LogP contribution is 2.26. The molecule has 1 N–H and O–H groups in total. The van der Waals surface area contributed by atoms with Crippen LogP contribution in [0.25, 0.3) is 0 Å². The van der Waals surface area contributed by atoms with Crippen LogP contribution < -0.4 is 10.9 Å². The zero-order chi connectivity index (χ0) is 13.2. The SMILES string of the molecule is O=c1ccc(C(F)(F)F)nn1CC1CCCNC1. The first-order chi connectivity index (χ1) is 8.47. The van der Waals surface area contributed by atoms with Crippen LogP contribution in [0.4, 0.5) is 13.2 Å². The molecule has 4 nitrogen and oxygen atoms in total. The van der Waals surface area contributed by atoms with Gasteiger partial charge in [-0.25, -0.2) is 4.68 Å². The number of halogens is 3. The van der Waals surface area contributed by atoms with Gasteiger partial charge in [-0.1, -0.05) is 0 Å². The number of nitrogens with one attached hydrogen (secondary N) is 1. The number of nitrogens with zero attached hydrogens (tertiary/aromatic N) is 2. The van der Waals surface area contributed by atoms with Gasteiger partial charge in [0.05, 0.1) is 0 Å². The van der Waals surface area contributed by atoms with Crippen molar-refractivity contribution in [3.63, 3.8) is 0 Å². The van der Waals surface area contributed by atoms with Gasteiger partial charge in [-0.15, -0.1) is 0 Å². The van der Waals surface area contributed by atoms with Crippen molar-refractivity contribution >= 4 is 0 Å². The van der Waals surface area contributed by atoms with E-state index < -0.39 is 17.4 Å². The summed E-state index contributed by atoms with van der Waals surface area (Å²) >= 11 is 0. The molecule has 1 atom stereocenters. The molecule has 2 rings (SSSR count). The molecule has 0 spiro atoms. The summed E-state index contributed by atoms with van der Waals surface area (Å²) in [6.07, 6.45) is -2.64. The Morgan fingerprint density at radius 2 is 2.22 bits per heavy atom. The average molecular weight is 261 g/mol. The normalized spacial score (nSPS) is 20.9. The second-order valence-electron chi connectivity index (χ2n) is 4.45. The monoisotopic (exact) mass is 261 g/mol. The van der Waals surface area contributed by atoms with Crippen molar-refractivity contribution in [1.82, 2.24) is 15.1 Å². The fourth-order valence-corrected chi connectivity index (χ4v) is 2.06. The Labute approximate surface area is 102 Å². The van der Waals surface area contributed by atoms with Crippen LogP contribution >= 0.6 is 0 Å². The number of piperidine rings is 1. The van der Waals surface area contributed by atoms with E-state index in [0.717, 1.165) is 36.2 Å². The summed E-state index contributed by atoms with van der Waals surface area (Å²) in [6.45, 7) is 1.86. The van der Waals surface area contributed by atoms with E-state index in [0.29, 0.717) is 6.54 Å². The quantitative estimate of drug-likeness (QED) is 0.872. The largest absolute Gasteiger partial charge is 0.435 e. The third kappa shape index (κ3) is 3.10. The fourth-order valence-electron chi connectivity index (χ4n) is 2.06.